The summed E-state index contributed by atoms with van der Waals surface area (Å²) in [5.41, 5.74) is 2.74. The van der Waals surface area contributed by atoms with Gasteiger partial charge in [-0.2, -0.15) is 0 Å². The van der Waals surface area contributed by atoms with Gasteiger partial charge in [0.25, 0.3) is 0 Å². The van der Waals surface area contributed by atoms with E-state index in [0.29, 0.717) is 0 Å². The van der Waals surface area contributed by atoms with Crippen LogP contribution in [0.3, 0.4) is 0 Å². The highest BCUT2D eigenvalue weighted by Crippen LogP contribution is 2.23. The Balaban J connectivity index is 1.67. The highest BCUT2D eigenvalue weighted by Gasteiger charge is 2.20. The van der Waals surface area contributed by atoms with Crippen molar-refractivity contribution in [2.75, 3.05) is 20.1 Å². The average Bonchev–Trinajstić information content (AvgIpc) is 2.43. The van der Waals surface area contributed by atoms with Crippen molar-refractivity contribution >= 4 is 0 Å². The van der Waals surface area contributed by atoms with E-state index < -0.39 is 0 Å². The fraction of sp³-hybridized carbons (Fsp3) is 0.667. The lowest BCUT2D eigenvalue weighted by Crippen LogP contribution is -2.40. The summed E-state index contributed by atoms with van der Waals surface area (Å²) >= 11 is 0. The summed E-state index contributed by atoms with van der Waals surface area (Å²) in [6, 6.07) is 9.62. The molecule has 0 aromatic heterocycles. The molecule has 1 saturated carbocycles. The van der Waals surface area contributed by atoms with Crippen molar-refractivity contribution in [3.8, 4) is 0 Å². The minimum Gasteiger partial charge on any atom is -0.312 e. The number of benzene rings is 1. The van der Waals surface area contributed by atoms with Crippen molar-refractivity contribution in [1.82, 2.24) is 10.2 Å². The molecule has 2 nitrogen and oxygen atoms in total. The molecule has 0 bridgehead atoms. The fourth-order valence-corrected chi connectivity index (χ4v) is 3.14. The number of nitrogens with zero attached hydrogens (tertiary/aromatic N) is 1. The molecule has 20 heavy (non-hydrogen) atoms. The first-order valence-electron chi connectivity index (χ1n) is 8.12. The largest absolute Gasteiger partial charge is 0.312 e. The van der Waals surface area contributed by atoms with Gasteiger partial charge in [-0.25, -0.2) is 0 Å². The first-order chi connectivity index (χ1) is 9.65. The van der Waals surface area contributed by atoms with Crippen LogP contribution < -0.4 is 5.32 Å². The van der Waals surface area contributed by atoms with E-state index in [0.717, 1.165) is 31.6 Å². The van der Waals surface area contributed by atoms with Crippen LogP contribution in [0.15, 0.2) is 24.3 Å². The Bertz CT molecular complexity index is 385. The van der Waals surface area contributed by atoms with Crippen LogP contribution in [0.4, 0.5) is 0 Å². The Morgan fingerprint density at radius 2 is 1.85 bits per heavy atom. The number of rotatable bonds is 6. The first kappa shape index (κ1) is 15.5. The second kappa shape index (κ2) is 7.80. The number of aryl methyl sites for hydroxylation is 1. The van der Waals surface area contributed by atoms with Crippen LogP contribution in [0.2, 0.25) is 0 Å². The van der Waals surface area contributed by atoms with Crippen LogP contribution in [0.25, 0.3) is 0 Å². The summed E-state index contributed by atoms with van der Waals surface area (Å²) in [6.45, 7) is 7.81. The average molecular weight is 274 g/mol. The lowest BCUT2D eigenvalue weighted by molar-refractivity contribution is 0.258. The predicted octanol–water partition coefficient (Wildman–Crippen LogP) is 3.60. The van der Waals surface area contributed by atoms with E-state index >= 15 is 0 Å². The second-order valence-electron chi connectivity index (χ2n) is 6.55. The van der Waals surface area contributed by atoms with Crippen molar-refractivity contribution in [1.29, 1.82) is 0 Å². The Morgan fingerprint density at radius 3 is 2.55 bits per heavy atom. The summed E-state index contributed by atoms with van der Waals surface area (Å²) in [5, 5.41) is 3.76. The first-order valence-corrected chi connectivity index (χ1v) is 8.12. The monoisotopic (exact) mass is 274 g/mol. The zero-order valence-corrected chi connectivity index (χ0v) is 13.4. The van der Waals surface area contributed by atoms with Gasteiger partial charge in [-0.1, -0.05) is 49.6 Å². The smallest absolute Gasteiger partial charge is 0.0231 e. The Kier molecular flexibility index (Phi) is 6.06. The molecule has 0 spiro atoms. The maximum absolute atomic E-state index is 3.76. The molecule has 2 unspecified atom stereocenters. The second-order valence-corrected chi connectivity index (χ2v) is 6.55. The van der Waals surface area contributed by atoms with E-state index in [-0.39, 0.29) is 0 Å². The van der Waals surface area contributed by atoms with Crippen LogP contribution in [0.1, 0.15) is 43.7 Å². The summed E-state index contributed by atoms with van der Waals surface area (Å²) in [4.78, 5) is 2.41. The summed E-state index contributed by atoms with van der Waals surface area (Å²) in [6.07, 6.45) is 5.59. The van der Waals surface area contributed by atoms with Crippen LogP contribution in [-0.2, 0) is 6.54 Å². The van der Waals surface area contributed by atoms with E-state index in [1.165, 1.54) is 36.8 Å². The molecule has 1 aliphatic rings. The van der Waals surface area contributed by atoms with Crippen LogP contribution in [0.5, 0.6) is 0 Å². The molecular formula is C18H30N2. The van der Waals surface area contributed by atoms with Crippen molar-refractivity contribution < 1.29 is 0 Å². The summed E-state index contributed by atoms with van der Waals surface area (Å²) in [7, 11) is 2.21. The molecule has 1 aromatic carbocycles. The molecule has 1 fully saturated rings. The Labute approximate surface area is 124 Å². The number of nitrogens with one attached hydrogen (secondary N) is 1. The van der Waals surface area contributed by atoms with E-state index in [4.69, 9.17) is 0 Å². The van der Waals surface area contributed by atoms with Gasteiger partial charge in [0.05, 0.1) is 0 Å². The molecular weight excluding hydrogens is 244 g/mol. The highest BCUT2D eigenvalue weighted by molar-refractivity contribution is 5.21. The van der Waals surface area contributed by atoms with Gasteiger partial charge >= 0.3 is 0 Å². The highest BCUT2D eigenvalue weighted by atomic mass is 15.1. The molecule has 0 heterocycles. The predicted molar refractivity (Wildman–Crippen MR) is 86.9 cm³/mol. The van der Waals surface area contributed by atoms with Gasteiger partial charge < -0.3 is 10.2 Å². The van der Waals surface area contributed by atoms with Crippen LogP contribution in [0, 0.1) is 12.8 Å². The standard InChI is InChI=1S/C18H30N2/c1-15-8-10-17(11-9-15)14-20(3)13-12-19-18-7-5-4-6-16(18)2/h8-11,16,18-19H,4-7,12-14H2,1-3H3. The quantitative estimate of drug-likeness (QED) is 0.853. The third-order valence-electron chi connectivity index (χ3n) is 4.58. The zero-order chi connectivity index (χ0) is 14.4. The fourth-order valence-electron chi connectivity index (χ4n) is 3.14. The minimum absolute atomic E-state index is 0.747. The molecule has 1 N–H and O–H groups in total. The maximum atomic E-state index is 3.76. The van der Waals surface area contributed by atoms with Gasteiger partial charge in [-0.3, -0.25) is 0 Å². The lowest BCUT2D eigenvalue weighted by atomic mass is 9.86. The Morgan fingerprint density at radius 1 is 1.15 bits per heavy atom. The van der Waals surface area contributed by atoms with Crippen molar-refractivity contribution in [2.24, 2.45) is 5.92 Å². The number of hydrogen-bond donors (Lipinski definition) is 1. The molecule has 2 heteroatoms. The molecule has 2 rings (SSSR count). The van der Waals surface area contributed by atoms with Crippen LogP contribution in [-0.4, -0.2) is 31.1 Å². The minimum atomic E-state index is 0.747. The summed E-state index contributed by atoms with van der Waals surface area (Å²) < 4.78 is 0. The van der Waals surface area contributed by atoms with Gasteiger partial charge in [-0.05, 0) is 38.3 Å². The topological polar surface area (TPSA) is 15.3 Å². The van der Waals surface area contributed by atoms with Gasteiger partial charge in [-0.15, -0.1) is 0 Å². The van der Waals surface area contributed by atoms with Crippen molar-refractivity contribution in [2.45, 2.75) is 52.1 Å². The molecule has 0 amide bonds. The van der Waals surface area contributed by atoms with Crippen molar-refractivity contribution in [3.05, 3.63) is 35.4 Å². The van der Waals surface area contributed by atoms with Gasteiger partial charge in [0.15, 0.2) is 0 Å². The molecule has 0 saturated heterocycles. The number of likely N-dealkylation sites (N-methyl/N-ethyl adjacent to an activating group) is 1. The molecule has 112 valence electrons. The third kappa shape index (κ3) is 4.92. The third-order valence-corrected chi connectivity index (χ3v) is 4.58. The normalized spacial score (nSPS) is 23.2. The number of hydrogen-bond acceptors (Lipinski definition) is 2. The Hall–Kier alpha value is -0.860. The maximum Gasteiger partial charge on any atom is 0.0231 e. The van der Waals surface area contributed by atoms with Gasteiger partial charge in [0.1, 0.15) is 0 Å². The van der Waals surface area contributed by atoms with Crippen molar-refractivity contribution in [3.63, 3.8) is 0 Å². The van der Waals surface area contributed by atoms with Gasteiger partial charge in [0, 0.05) is 25.7 Å². The van der Waals surface area contributed by atoms with E-state index in [1.54, 1.807) is 0 Å². The lowest BCUT2D eigenvalue weighted by Gasteiger charge is -2.30. The molecule has 2 atom stereocenters. The molecule has 0 radical (unpaired) electrons. The SMILES string of the molecule is Cc1ccc(CN(C)CCNC2CCCCC2C)cc1. The van der Waals surface area contributed by atoms with E-state index in [1.807, 2.05) is 0 Å². The zero-order valence-electron chi connectivity index (χ0n) is 13.4. The van der Waals surface area contributed by atoms with Crippen LogP contribution >= 0.6 is 0 Å². The van der Waals surface area contributed by atoms with E-state index in [2.05, 4.69) is 55.4 Å². The summed E-state index contributed by atoms with van der Waals surface area (Å²) in [5.74, 6) is 0.853. The molecule has 1 aromatic rings. The molecule has 0 aliphatic heterocycles. The van der Waals surface area contributed by atoms with Gasteiger partial charge in [0.2, 0.25) is 0 Å². The van der Waals surface area contributed by atoms with E-state index in [9.17, 15) is 0 Å². The molecule has 1 aliphatic carbocycles.